The molecule has 9 rings (SSSR count). The van der Waals surface area contributed by atoms with Crippen molar-refractivity contribution in [1.82, 2.24) is 5.01 Å². The Morgan fingerprint density at radius 1 is 0.772 bits per heavy atom. The quantitative estimate of drug-likeness (QED) is 0.0971. The topological polar surface area (TPSA) is 133 Å². The second-order valence-electron chi connectivity index (χ2n) is 15.3. The first-order chi connectivity index (χ1) is 27.6. The summed E-state index contributed by atoms with van der Waals surface area (Å²) in [7, 11) is 1.49. The van der Waals surface area contributed by atoms with Gasteiger partial charge in [-0.3, -0.25) is 34.3 Å². The van der Waals surface area contributed by atoms with Crippen LogP contribution in [-0.4, -0.2) is 46.6 Å². The highest BCUT2D eigenvalue weighted by Gasteiger charge is 2.70. The molecule has 2 saturated heterocycles. The zero-order chi connectivity index (χ0) is 39.6. The number of benzene rings is 5. The minimum Gasteiger partial charge on any atom is -0.508 e. The number of amides is 4. The molecule has 284 valence electrons. The molecular weight excluding hydrogens is 719 g/mol. The molecule has 6 atom stereocenters. The number of anilines is 2. The Morgan fingerprint density at radius 3 is 2.11 bits per heavy atom. The van der Waals surface area contributed by atoms with Crippen molar-refractivity contribution in [3.63, 3.8) is 0 Å². The highest BCUT2D eigenvalue weighted by Crippen LogP contribution is 2.65. The number of aromatic hydroxyl groups is 1. The molecule has 2 N–H and O–H groups in total. The molecule has 10 heteroatoms. The van der Waals surface area contributed by atoms with Crippen LogP contribution in [0.2, 0.25) is 0 Å². The Bertz CT molecular complexity index is 2480. The van der Waals surface area contributed by atoms with E-state index in [0.717, 1.165) is 16.1 Å². The Morgan fingerprint density at radius 2 is 1.44 bits per heavy atom. The van der Waals surface area contributed by atoms with Crippen molar-refractivity contribution in [2.75, 3.05) is 17.4 Å². The molecule has 1 saturated carbocycles. The first-order valence-corrected chi connectivity index (χ1v) is 19.0. The zero-order valence-corrected chi connectivity index (χ0v) is 31.3. The summed E-state index contributed by atoms with van der Waals surface area (Å²) in [6.45, 7) is 1.95. The van der Waals surface area contributed by atoms with Crippen LogP contribution in [0.5, 0.6) is 11.5 Å². The van der Waals surface area contributed by atoms with E-state index in [0.29, 0.717) is 39.4 Å². The van der Waals surface area contributed by atoms with Gasteiger partial charge in [-0.05, 0) is 73.7 Å². The van der Waals surface area contributed by atoms with Crippen molar-refractivity contribution in [2.24, 2.45) is 23.7 Å². The molecule has 2 heterocycles. The van der Waals surface area contributed by atoms with E-state index >= 15 is 4.79 Å². The number of nitrogens with zero attached hydrogens (tertiary/aromatic N) is 2. The lowest BCUT2D eigenvalue weighted by atomic mass is 9.49. The van der Waals surface area contributed by atoms with Crippen LogP contribution < -0.4 is 15.1 Å². The van der Waals surface area contributed by atoms with Gasteiger partial charge in [0.1, 0.15) is 11.5 Å². The Hall–Kier alpha value is -6.81. The summed E-state index contributed by atoms with van der Waals surface area (Å²) < 4.78 is 5.43. The maximum atomic E-state index is 15.3. The van der Waals surface area contributed by atoms with Crippen molar-refractivity contribution in [3.8, 4) is 11.5 Å². The van der Waals surface area contributed by atoms with E-state index in [4.69, 9.17) is 4.74 Å². The first-order valence-electron chi connectivity index (χ1n) is 19.0. The lowest BCUT2D eigenvalue weighted by Crippen LogP contribution is -2.53. The van der Waals surface area contributed by atoms with E-state index < -0.39 is 52.7 Å². The number of hydrogen-bond donors (Lipinski definition) is 2. The number of phenolic OH excluding ortho intramolecular Hbond substituents is 1. The Balaban J connectivity index is 1.15. The largest absolute Gasteiger partial charge is 0.508 e. The molecule has 4 amide bonds. The zero-order valence-electron chi connectivity index (χ0n) is 31.3. The summed E-state index contributed by atoms with van der Waals surface area (Å²) in [4.78, 5) is 73.6. The number of ether oxygens (including phenoxy) is 1. The summed E-state index contributed by atoms with van der Waals surface area (Å²) in [5, 5.41) is 12.8. The van der Waals surface area contributed by atoms with Gasteiger partial charge in [-0.2, -0.15) is 5.01 Å². The van der Waals surface area contributed by atoms with Crippen LogP contribution in [0.25, 0.3) is 0 Å². The average Bonchev–Trinajstić information content (AvgIpc) is 3.62. The molecular formula is C47H39N3O7. The molecule has 5 aromatic rings. The lowest BCUT2D eigenvalue weighted by Gasteiger charge is -2.50. The lowest BCUT2D eigenvalue weighted by molar-refractivity contribution is -0.138. The third-order valence-electron chi connectivity index (χ3n) is 12.4. The number of rotatable bonds is 8. The molecule has 0 spiro atoms. The van der Waals surface area contributed by atoms with Crippen LogP contribution in [0.1, 0.15) is 51.4 Å². The molecule has 10 nitrogen and oxygen atoms in total. The molecule has 0 bridgehead atoms. The monoisotopic (exact) mass is 757 g/mol. The number of carbonyl (C=O) groups is 5. The Labute approximate surface area is 329 Å². The number of carbonyl (C=O) groups excluding carboxylic acids is 5. The third kappa shape index (κ3) is 5.50. The van der Waals surface area contributed by atoms with Gasteiger partial charge in [-0.1, -0.05) is 96.1 Å². The minimum absolute atomic E-state index is 0.114. The van der Waals surface area contributed by atoms with Crippen molar-refractivity contribution in [1.29, 1.82) is 0 Å². The summed E-state index contributed by atoms with van der Waals surface area (Å²) in [5.41, 5.74) is 6.16. The van der Waals surface area contributed by atoms with Gasteiger partial charge in [-0.15, -0.1) is 0 Å². The van der Waals surface area contributed by atoms with Crippen LogP contribution in [0.3, 0.4) is 0 Å². The predicted molar refractivity (Wildman–Crippen MR) is 212 cm³/mol. The molecule has 0 aromatic heterocycles. The first kappa shape index (κ1) is 35.9. The highest BCUT2D eigenvalue weighted by atomic mass is 16.5. The van der Waals surface area contributed by atoms with Gasteiger partial charge in [0.15, 0.2) is 5.78 Å². The number of ketones is 1. The average molecular weight is 758 g/mol. The van der Waals surface area contributed by atoms with Gasteiger partial charge in [0.2, 0.25) is 11.8 Å². The van der Waals surface area contributed by atoms with Crippen LogP contribution in [-0.2, 0) is 24.6 Å². The maximum absolute atomic E-state index is 15.3. The number of hydrazine groups is 1. The fourth-order valence-electron chi connectivity index (χ4n) is 9.76. The molecule has 2 aliphatic carbocycles. The van der Waals surface area contributed by atoms with Crippen LogP contribution in [0.4, 0.5) is 11.4 Å². The summed E-state index contributed by atoms with van der Waals surface area (Å²) in [5.74, 6) is -5.62. The third-order valence-corrected chi connectivity index (χ3v) is 12.4. The number of allylic oxidation sites excluding steroid dienone is 2. The number of hydrogen-bond acceptors (Lipinski definition) is 8. The van der Waals surface area contributed by atoms with Gasteiger partial charge in [-0.25, -0.2) is 0 Å². The van der Waals surface area contributed by atoms with E-state index in [1.807, 2.05) is 61.5 Å². The second-order valence-corrected chi connectivity index (χ2v) is 15.3. The maximum Gasteiger partial charge on any atom is 0.260 e. The second kappa shape index (κ2) is 13.7. The molecule has 0 unspecified atom stereocenters. The van der Waals surface area contributed by atoms with Crippen molar-refractivity contribution >= 4 is 40.8 Å². The van der Waals surface area contributed by atoms with Gasteiger partial charge >= 0.3 is 0 Å². The number of fused-ring (bicyclic) bond motifs is 4. The SMILES string of the molecule is COc1ccc([C@H]2C3=CC[C@@H]4C(=O)N(c5ccc(C(=O)c6ccccc6)cc5)C(=O)[C@@H]4[C@@H]3C[C@H]3C(=O)N(Nc4ccc(C)cc4)C(=O)[C@@]23c2ccccc2)c(O)c1. The molecule has 3 fully saturated rings. The summed E-state index contributed by atoms with van der Waals surface area (Å²) >= 11 is 0. The van der Waals surface area contributed by atoms with E-state index in [-0.39, 0.29) is 30.3 Å². The summed E-state index contributed by atoms with van der Waals surface area (Å²) in [6.07, 6.45) is 2.28. The smallest absolute Gasteiger partial charge is 0.260 e. The van der Waals surface area contributed by atoms with E-state index in [2.05, 4.69) is 5.43 Å². The van der Waals surface area contributed by atoms with E-state index in [1.54, 1.807) is 72.8 Å². The number of nitrogens with one attached hydrogen (secondary N) is 1. The summed E-state index contributed by atoms with van der Waals surface area (Å²) in [6, 6.07) is 36.8. The highest BCUT2D eigenvalue weighted by molar-refractivity contribution is 6.23. The van der Waals surface area contributed by atoms with Crippen LogP contribution in [0, 0.1) is 30.6 Å². The fraction of sp³-hybridized carbons (Fsp3) is 0.213. The van der Waals surface area contributed by atoms with Crippen molar-refractivity contribution < 1.29 is 33.8 Å². The molecule has 5 aromatic carbocycles. The van der Waals surface area contributed by atoms with Gasteiger partial charge in [0.05, 0.1) is 41.7 Å². The normalized spacial score (nSPS) is 25.1. The predicted octanol–water partition coefficient (Wildman–Crippen LogP) is 7.13. The number of imide groups is 2. The van der Waals surface area contributed by atoms with Crippen LogP contribution >= 0.6 is 0 Å². The Kier molecular flexibility index (Phi) is 8.64. The number of phenols is 1. The number of aryl methyl sites for hydroxylation is 1. The van der Waals surface area contributed by atoms with Crippen molar-refractivity contribution in [3.05, 3.63) is 167 Å². The van der Waals surface area contributed by atoms with E-state index in [1.165, 1.54) is 18.1 Å². The van der Waals surface area contributed by atoms with Crippen molar-refractivity contribution in [2.45, 2.75) is 31.1 Å². The van der Waals surface area contributed by atoms with E-state index in [9.17, 15) is 24.3 Å². The molecule has 2 aliphatic heterocycles. The van der Waals surface area contributed by atoms with Crippen LogP contribution in [0.15, 0.2) is 139 Å². The van der Waals surface area contributed by atoms with Gasteiger partial charge in [0.25, 0.3) is 11.8 Å². The fourth-order valence-corrected chi connectivity index (χ4v) is 9.76. The minimum atomic E-state index is -1.52. The van der Waals surface area contributed by atoms with Gasteiger partial charge < -0.3 is 9.84 Å². The standard InChI is InChI=1S/C47H39N3O7/c1-27-13-17-31(18-14-27)48-50-44(54)38-26-37-34(41(35-22-21-33(57-2)25-39(35)51)47(38,46(50)56)30-11-7-4-8-12-30)23-24-36-40(37)45(55)49(43(36)53)32-19-15-29(16-20-32)42(52)28-9-5-3-6-10-28/h3-23,25,36-38,40-41,48,51H,24,26H2,1-2H3/t36-,37+,38-,40-,41+,47+/m0/s1. The molecule has 0 radical (unpaired) electrons. The molecule has 57 heavy (non-hydrogen) atoms. The molecule has 4 aliphatic rings. The number of methoxy groups -OCH3 is 1. The van der Waals surface area contributed by atoms with Gasteiger partial charge in [0, 0.05) is 28.7 Å².